The lowest BCUT2D eigenvalue weighted by atomic mass is 10.0. The van der Waals surface area contributed by atoms with Crippen LogP contribution >= 0.6 is 11.6 Å². The average molecular weight is 400 g/mol. The molecule has 0 atom stereocenters. The van der Waals surface area contributed by atoms with Crippen molar-refractivity contribution in [3.05, 3.63) is 57.6 Å². The summed E-state index contributed by atoms with van der Waals surface area (Å²) in [5.41, 5.74) is 6.20. The number of hydrogen-bond acceptors (Lipinski definition) is 3. The van der Waals surface area contributed by atoms with Gasteiger partial charge in [-0.15, -0.1) is 0 Å². The van der Waals surface area contributed by atoms with Gasteiger partial charge in [-0.05, 0) is 68.5 Å². The largest absolute Gasteiger partial charge is 0.362 e. The number of amides is 2. The Bertz CT molecular complexity index is 888. The minimum absolute atomic E-state index is 0.0487. The normalized spacial score (nSPS) is 13.1. The van der Waals surface area contributed by atoms with Crippen LogP contribution in [-0.4, -0.2) is 31.4 Å². The van der Waals surface area contributed by atoms with E-state index < -0.39 is 0 Å². The first-order chi connectivity index (χ1) is 13.3. The van der Waals surface area contributed by atoms with Crippen molar-refractivity contribution in [1.29, 1.82) is 0 Å². The van der Waals surface area contributed by atoms with Gasteiger partial charge in [0, 0.05) is 22.9 Å². The van der Waals surface area contributed by atoms with Crippen molar-refractivity contribution in [2.24, 2.45) is 0 Å². The molecule has 0 radical (unpaired) electrons. The fourth-order valence-corrected chi connectivity index (χ4v) is 3.97. The van der Waals surface area contributed by atoms with Gasteiger partial charge in [0.15, 0.2) is 0 Å². The fourth-order valence-electron chi connectivity index (χ4n) is 3.78. The topological polar surface area (TPSA) is 61.4 Å². The molecule has 0 aliphatic carbocycles. The molecule has 0 aromatic heterocycles. The van der Waals surface area contributed by atoms with Crippen molar-refractivity contribution >= 4 is 34.8 Å². The Morgan fingerprint density at radius 1 is 1.07 bits per heavy atom. The molecule has 1 heterocycles. The highest BCUT2D eigenvalue weighted by atomic mass is 35.5. The molecule has 2 aromatic carbocycles. The number of fused-ring (bicyclic) bond motifs is 1. The Kier molecular flexibility index (Phi) is 6.25. The molecule has 0 saturated carbocycles. The Hall–Kier alpha value is -2.53. The Morgan fingerprint density at radius 2 is 1.79 bits per heavy atom. The number of nitrogens with one attached hydrogen (secondary N) is 2. The Morgan fingerprint density at radius 3 is 2.50 bits per heavy atom. The predicted octanol–water partition coefficient (Wildman–Crippen LogP) is 3.77. The highest BCUT2D eigenvalue weighted by Gasteiger charge is 2.19. The molecule has 28 heavy (non-hydrogen) atoms. The summed E-state index contributed by atoms with van der Waals surface area (Å²) in [5.74, 6) is -0.399. The minimum Gasteiger partial charge on any atom is -0.362 e. The monoisotopic (exact) mass is 399 g/mol. The number of anilines is 2. The molecule has 3 rings (SSSR count). The van der Waals surface area contributed by atoms with E-state index >= 15 is 0 Å². The van der Waals surface area contributed by atoms with Crippen molar-refractivity contribution < 1.29 is 9.59 Å². The molecule has 5 nitrogen and oxygen atoms in total. The molecular weight excluding hydrogens is 374 g/mol. The number of carbonyl (C=O) groups is 2. The summed E-state index contributed by atoms with van der Waals surface area (Å²) in [6.45, 7) is 6.95. The van der Waals surface area contributed by atoms with E-state index in [1.54, 1.807) is 0 Å². The van der Waals surface area contributed by atoms with Gasteiger partial charge in [0.1, 0.15) is 0 Å². The second kappa shape index (κ2) is 8.65. The van der Waals surface area contributed by atoms with Gasteiger partial charge in [-0.1, -0.05) is 29.3 Å². The zero-order valence-electron chi connectivity index (χ0n) is 16.6. The molecule has 0 bridgehead atoms. The molecule has 1 aliphatic heterocycles. The number of benzene rings is 2. The third kappa shape index (κ3) is 4.84. The predicted molar refractivity (Wildman–Crippen MR) is 114 cm³/mol. The second-order valence-corrected chi connectivity index (χ2v) is 7.83. The van der Waals surface area contributed by atoms with Gasteiger partial charge >= 0.3 is 0 Å². The number of carbonyl (C=O) groups excluding carboxylic acids is 2. The van der Waals surface area contributed by atoms with Crippen LogP contribution in [0.2, 0.25) is 5.02 Å². The number of nitrogens with zero attached hydrogens (tertiary/aromatic N) is 1. The van der Waals surface area contributed by atoms with Crippen molar-refractivity contribution in [2.75, 3.05) is 29.9 Å². The van der Waals surface area contributed by atoms with Crippen molar-refractivity contribution in [1.82, 2.24) is 5.32 Å². The van der Waals surface area contributed by atoms with Gasteiger partial charge < -0.3 is 15.5 Å². The molecule has 0 fully saturated rings. The van der Waals surface area contributed by atoms with E-state index in [4.69, 9.17) is 11.6 Å². The van der Waals surface area contributed by atoms with Crippen LogP contribution in [0.15, 0.2) is 30.3 Å². The minimum atomic E-state index is -0.228. The van der Waals surface area contributed by atoms with Crippen molar-refractivity contribution in [3.8, 4) is 0 Å². The number of halogens is 1. The summed E-state index contributed by atoms with van der Waals surface area (Å²) in [7, 11) is 0. The van der Waals surface area contributed by atoms with Gasteiger partial charge in [0.05, 0.1) is 13.1 Å². The quantitative estimate of drug-likeness (QED) is 0.804. The standard InChI is InChI=1S/C22H26ClN3O2/c1-14-9-15(2)22(16(3)10-14)25-20(27)12-24-21(28)13-26-8-4-5-17-11-18(23)6-7-19(17)26/h6-7,9-11H,4-5,8,12-13H2,1-3H3,(H,24,28)(H,25,27). The molecule has 2 aromatic rings. The molecule has 2 amide bonds. The first-order valence-electron chi connectivity index (χ1n) is 9.51. The maximum atomic E-state index is 12.4. The first kappa shape index (κ1) is 20.2. The van der Waals surface area contributed by atoms with Crippen LogP contribution in [0.3, 0.4) is 0 Å². The lowest BCUT2D eigenvalue weighted by molar-refractivity contribution is -0.123. The van der Waals surface area contributed by atoms with Crippen LogP contribution < -0.4 is 15.5 Å². The van der Waals surface area contributed by atoms with E-state index in [0.717, 1.165) is 53.0 Å². The highest BCUT2D eigenvalue weighted by Crippen LogP contribution is 2.29. The maximum absolute atomic E-state index is 12.4. The van der Waals surface area contributed by atoms with Gasteiger partial charge in [0.2, 0.25) is 11.8 Å². The van der Waals surface area contributed by atoms with E-state index in [9.17, 15) is 9.59 Å². The summed E-state index contributed by atoms with van der Waals surface area (Å²) in [6, 6.07) is 9.82. The molecule has 0 spiro atoms. The van der Waals surface area contributed by atoms with Gasteiger partial charge in [-0.25, -0.2) is 0 Å². The molecule has 0 unspecified atom stereocenters. The molecule has 0 saturated heterocycles. The van der Waals surface area contributed by atoms with Crippen LogP contribution in [0.4, 0.5) is 11.4 Å². The van der Waals surface area contributed by atoms with E-state index in [1.807, 2.05) is 56.0 Å². The van der Waals surface area contributed by atoms with Crippen molar-refractivity contribution in [2.45, 2.75) is 33.6 Å². The summed E-state index contributed by atoms with van der Waals surface area (Å²) in [5, 5.41) is 6.34. The fraction of sp³-hybridized carbons (Fsp3) is 0.364. The van der Waals surface area contributed by atoms with E-state index in [0.29, 0.717) is 5.02 Å². The molecular formula is C22H26ClN3O2. The number of rotatable bonds is 5. The van der Waals surface area contributed by atoms with Crippen LogP contribution in [0.5, 0.6) is 0 Å². The van der Waals surface area contributed by atoms with Crippen LogP contribution in [0, 0.1) is 20.8 Å². The summed E-state index contributed by atoms with van der Waals surface area (Å²) >= 11 is 6.07. The van der Waals surface area contributed by atoms with Gasteiger partial charge in [-0.2, -0.15) is 0 Å². The van der Waals surface area contributed by atoms with Crippen LogP contribution in [0.1, 0.15) is 28.7 Å². The van der Waals surface area contributed by atoms with E-state index in [2.05, 4.69) is 10.6 Å². The van der Waals surface area contributed by atoms with E-state index in [1.165, 1.54) is 0 Å². The summed E-state index contributed by atoms with van der Waals surface area (Å²) < 4.78 is 0. The molecule has 6 heteroatoms. The zero-order valence-corrected chi connectivity index (χ0v) is 17.3. The average Bonchev–Trinajstić information content (AvgIpc) is 2.63. The van der Waals surface area contributed by atoms with Crippen LogP contribution in [0.25, 0.3) is 0 Å². The molecule has 1 aliphatic rings. The third-order valence-corrected chi connectivity index (χ3v) is 5.21. The summed E-state index contributed by atoms with van der Waals surface area (Å²) in [6.07, 6.45) is 1.94. The second-order valence-electron chi connectivity index (χ2n) is 7.40. The SMILES string of the molecule is Cc1cc(C)c(NC(=O)CNC(=O)CN2CCCc3cc(Cl)ccc32)c(C)c1. The van der Waals surface area contributed by atoms with Crippen molar-refractivity contribution in [3.63, 3.8) is 0 Å². The number of hydrogen-bond donors (Lipinski definition) is 2. The third-order valence-electron chi connectivity index (χ3n) is 4.98. The van der Waals surface area contributed by atoms with E-state index in [-0.39, 0.29) is 24.9 Å². The molecule has 148 valence electrons. The lowest BCUT2D eigenvalue weighted by Gasteiger charge is -2.30. The highest BCUT2D eigenvalue weighted by molar-refractivity contribution is 6.30. The van der Waals surface area contributed by atoms with Gasteiger partial charge in [-0.3, -0.25) is 9.59 Å². The summed E-state index contributed by atoms with van der Waals surface area (Å²) in [4.78, 5) is 26.7. The lowest BCUT2D eigenvalue weighted by Crippen LogP contribution is -2.42. The molecule has 2 N–H and O–H groups in total. The Labute approximate surface area is 171 Å². The number of aryl methyl sites for hydroxylation is 4. The maximum Gasteiger partial charge on any atom is 0.243 e. The zero-order chi connectivity index (χ0) is 20.3. The smallest absolute Gasteiger partial charge is 0.243 e. The van der Waals surface area contributed by atoms with Crippen LogP contribution in [-0.2, 0) is 16.0 Å². The Balaban J connectivity index is 1.55. The van der Waals surface area contributed by atoms with Gasteiger partial charge in [0.25, 0.3) is 0 Å². The first-order valence-corrected chi connectivity index (χ1v) is 9.89.